The highest BCUT2D eigenvalue weighted by atomic mass is 16.6. The zero-order chi connectivity index (χ0) is 13.4. The Morgan fingerprint density at radius 2 is 1.39 bits per heavy atom. The maximum absolute atomic E-state index is 10.9. The molecule has 0 unspecified atom stereocenters. The molecule has 0 bridgehead atoms. The van der Waals surface area contributed by atoms with E-state index < -0.39 is 11.9 Å². The van der Waals surface area contributed by atoms with Gasteiger partial charge in [-0.25, -0.2) is 9.59 Å². The lowest BCUT2D eigenvalue weighted by Crippen LogP contribution is -2.13. The largest absolute Gasteiger partial charge is 0.482 e. The molecular weight excluding hydrogens is 240 g/mol. The summed E-state index contributed by atoms with van der Waals surface area (Å²) < 4.78 is 19.2. The number of carbonyl (C=O) groups is 2. The van der Waals surface area contributed by atoms with Gasteiger partial charge in [0.1, 0.15) is 11.5 Å². The van der Waals surface area contributed by atoms with Crippen LogP contribution in [0.3, 0.4) is 0 Å². The molecule has 0 aliphatic rings. The molecule has 0 amide bonds. The first kappa shape index (κ1) is 13.8. The van der Waals surface area contributed by atoms with Crippen molar-refractivity contribution >= 4 is 11.9 Å². The molecule has 0 spiro atoms. The van der Waals surface area contributed by atoms with Crippen LogP contribution in [0.15, 0.2) is 24.3 Å². The normalized spacial score (nSPS) is 9.44. The molecule has 0 fully saturated rings. The quantitative estimate of drug-likeness (QED) is 0.699. The van der Waals surface area contributed by atoms with Gasteiger partial charge in [-0.3, -0.25) is 0 Å². The van der Waals surface area contributed by atoms with Crippen molar-refractivity contribution in [3.63, 3.8) is 0 Å². The minimum atomic E-state index is -0.476. The zero-order valence-electron chi connectivity index (χ0n) is 10.2. The molecule has 1 aromatic carbocycles. The van der Waals surface area contributed by atoms with Gasteiger partial charge < -0.3 is 18.9 Å². The highest BCUT2D eigenvalue weighted by molar-refractivity contribution is 5.71. The van der Waals surface area contributed by atoms with Crippen LogP contribution in [0, 0.1) is 0 Å². The van der Waals surface area contributed by atoms with Gasteiger partial charge in [0, 0.05) is 6.07 Å². The summed E-state index contributed by atoms with van der Waals surface area (Å²) in [7, 11) is 2.56. The fourth-order valence-electron chi connectivity index (χ4n) is 1.06. The summed E-state index contributed by atoms with van der Waals surface area (Å²) in [6.45, 7) is -0.367. The molecule has 0 radical (unpaired) electrons. The standard InChI is InChI=1S/C12H14O6/c1-15-11(13)7-17-9-4-3-5-10(6-9)18-8-12(14)16-2/h3-6H,7-8H2,1-2H3. The van der Waals surface area contributed by atoms with Crippen LogP contribution in [-0.4, -0.2) is 39.4 Å². The van der Waals surface area contributed by atoms with Crippen molar-refractivity contribution in [2.45, 2.75) is 0 Å². The molecule has 0 aromatic heterocycles. The second-order valence-corrected chi connectivity index (χ2v) is 3.20. The monoisotopic (exact) mass is 254 g/mol. The Balaban J connectivity index is 2.51. The van der Waals surface area contributed by atoms with E-state index in [9.17, 15) is 9.59 Å². The maximum atomic E-state index is 10.9. The Labute approximate surface area is 104 Å². The first-order valence-electron chi connectivity index (χ1n) is 5.15. The second kappa shape index (κ2) is 7.16. The molecule has 18 heavy (non-hydrogen) atoms. The van der Waals surface area contributed by atoms with Gasteiger partial charge in [0.2, 0.25) is 0 Å². The molecule has 0 atom stereocenters. The minimum Gasteiger partial charge on any atom is -0.482 e. The lowest BCUT2D eigenvalue weighted by atomic mass is 10.3. The fourth-order valence-corrected chi connectivity index (χ4v) is 1.06. The number of esters is 2. The Kier molecular flexibility index (Phi) is 5.50. The van der Waals surface area contributed by atoms with Crippen LogP contribution in [0.25, 0.3) is 0 Å². The number of rotatable bonds is 6. The predicted molar refractivity (Wildman–Crippen MR) is 61.5 cm³/mol. The van der Waals surface area contributed by atoms with Gasteiger partial charge in [-0.2, -0.15) is 0 Å². The first-order valence-corrected chi connectivity index (χ1v) is 5.15. The Bertz CT molecular complexity index is 380. The number of hydrogen-bond donors (Lipinski definition) is 0. The smallest absolute Gasteiger partial charge is 0.343 e. The van der Waals surface area contributed by atoms with Crippen molar-refractivity contribution in [1.82, 2.24) is 0 Å². The summed E-state index contributed by atoms with van der Waals surface area (Å²) in [6, 6.07) is 6.56. The van der Waals surface area contributed by atoms with E-state index in [1.807, 2.05) is 0 Å². The summed E-state index contributed by atoms with van der Waals surface area (Å²) in [5.74, 6) is -0.0581. The van der Waals surface area contributed by atoms with Crippen LogP contribution in [0.2, 0.25) is 0 Å². The second-order valence-electron chi connectivity index (χ2n) is 3.20. The molecule has 98 valence electrons. The number of ether oxygens (including phenoxy) is 4. The lowest BCUT2D eigenvalue weighted by molar-refractivity contribution is -0.143. The minimum absolute atomic E-state index is 0.184. The van der Waals surface area contributed by atoms with Crippen LogP contribution >= 0.6 is 0 Å². The van der Waals surface area contributed by atoms with E-state index in [0.29, 0.717) is 11.5 Å². The van der Waals surface area contributed by atoms with Crippen LogP contribution in [-0.2, 0) is 19.1 Å². The molecule has 0 heterocycles. The molecule has 0 saturated heterocycles. The average Bonchev–Trinajstić information content (AvgIpc) is 2.42. The Morgan fingerprint density at radius 3 is 1.78 bits per heavy atom. The molecule has 0 N–H and O–H groups in total. The van der Waals surface area contributed by atoms with Crippen LogP contribution in [0.4, 0.5) is 0 Å². The van der Waals surface area contributed by atoms with Crippen molar-refractivity contribution in [3.05, 3.63) is 24.3 Å². The molecule has 1 rings (SSSR count). The third-order valence-corrected chi connectivity index (χ3v) is 1.97. The molecule has 6 heteroatoms. The summed E-state index contributed by atoms with van der Waals surface area (Å²) in [4.78, 5) is 21.8. The van der Waals surface area contributed by atoms with Gasteiger partial charge >= 0.3 is 11.9 Å². The molecule has 0 aliphatic carbocycles. The highest BCUT2D eigenvalue weighted by Gasteiger charge is 2.05. The van der Waals surface area contributed by atoms with E-state index in [1.54, 1.807) is 24.3 Å². The van der Waals surface area contributed by atoms with Gasteiger partial charge in [0.05, 0.1) is 14.2 Å². The van der Waals surface area contributed by atoms with Crippen molar-refractivity contribution in [3.8, 4) is 11.5 Å². The van der Waals surface area contributed by atoms with E-state index in [0.717, 1.165) is 0 Å². The number of methoxy groups -OCH3 is 2. The Morgan fingerprint density at radius 1 is 0.944 bits per heavy atom. The van der Waals surface area contributed by atoms with Gasteiger partial charge in [-0.1, -0.05) is 6.07 Å². The first-order chi connectivity index (χ1) is 8.65. The molecule has 0 saturated carbocycles. The fraction of sp³-hybridized carbons (Fsp3) is 0.333. The summed E-state index contributed by atoms with van der Waals surface area (Å²) in [5.41, 5.74) is 0. The van der Waals surface area contributed by atoms with Gasteiger partial charge in [-0.15, -0.1) is 0 Å². The van der Waals surface area contributed by atoms with E-state index in [-0.39, 0.29) is 13.2 Å². The van der Waals surface area contributed by atoms with Crippen molar-refractivity contribution in [1.29, 1.82) is 0 Å². The number of hydrogen-bond acceptors (Lipinski definition) is 6. The molecule has 6 nitrogen and oxygen atoms in total. The molecule has 0 aliphatic heterocycles. The third kappa shape index (κ3) is 4.73. The van der Waals surface area contributed by atoms with Gasteiger partial charge in [0.15, 0.2) is 13.2 Å². The van der Waals surface area contributed by atoms with Crippen molar-refractivity contribution in [2.75, 3.05) is 27.4 Å². The molecule has 1 aromatic rings. The zero-order valence-corrected chi connectivity index (χ0v) is 10.2. The molecular formula is C12H14O6. The van der Waals surface area contributed by atoms with Crippen molar-refractivity contribution < 1.29 is 28.5 Å². The lowest BCUT2D eigenvalue weighted by Gasteiger charge is -2.08. The topological polar surface area (TPSA) is 71.1 Å². The van der Waals surface area contributed by atoms with E-state index in [4.69, 9.17) is 9.47 Å². The van der Waals surface area contributed by atoms with Crippen LogP contribution in [0.5, 0.6) is 11.5 Å². The van der Waals surface area contributed by atoms with E-state index >= 15 is 0 Å². The van der Waals surface area contributed by atoms with Crippen LogP contribution < -0.4 is 9.47 Å². The van der Waals surface area contributed by atoms with Crippen LogP contribution in [0.1, 0.15) is 0 Å². The summed E-state index contributed by atoms with van der Waals surface area (Å²) >= 11 is 0. The number of carbonyl (C=O) groups excluding carboxylic acids is 2. The predicted octanol–water partition coefficient (Wildman–Crippen LogP) is 0.790. The van der Waals surface area contributed by atoms with E-state index in [1.165, 1.54) is 14.2 Å². The van der Waals surface area contributed by atoms with Crippen molar-refractivity contribution in [2.24, 2.45) is 0 Å². The summed E-state index contributed by atoms with van der Waals surface area (Å²) in [6.07, 6.45) is 0. The number of benzene rings is 1. The highest BCUT2D eigenvalue weighted by Crippen LogP contribution is 2.19. The average molecular weight is 254 g/mol. The summed E-state index contributed by atoms with van der Waals surface area (Å²) in [5, 5.41) is 0. The van der Waals surface area contributed by atoms with Gasteiger partial charge in [-0.05, 0) is 12.1 Å². The maximum Gasteiger partial charge on any atom is 0.343 e. The van der Waals surface area contributed by atoms with Gasteiger partial charge in [0.25, 0.3) is 0 Å². The third-order valence-electron chi connectivity index (χ3n) is 1.97. The Hall–Kier alpha value is -2.24. The SMILES string of the molecule is COC(=O)COc1cccc(OCC(=O)OC)c1. The van der Waals surface area contributed by atoms with E-state index in [2.05, 4.69) is 9.47 Å².